The average molecular weight is 326 g/mol. The predicted octanol–water partition coefficient (Wildman–Crippen LogP) is 3.94. The second-order valence-corrected chi connectivity index (χ2v) is 6.30. The van der Waals surface area contributed by atoms with Crippen molar-refractivity contribution in [2.45, 2.75) is 25.9 Å². The third-order valence-corrected chi connectivity index (χ3v) is 4.42. The van der Waals surface area contributed by atoms with Gasteiger partial charge in [-0.15, -0.1) is 11.3 Å². The Bertz CT molecular complexity index is 495. The zero-order valence-electron chi connectivity index (χ0n) is 10.2. The fourth-order valence-electron chi connectivity index (χ4n) is 1.78. The van der Waals surface area contributed by atoms with Crippen LogP contribution in [0.2, 0.25) is 0 Å². The van der Waals surface area contributed by atoms with E-state index in [1.54, 1.807) is 23.5 Å². The van der Waals surface area contributed by atoms with Gasteiger partial charge in [0.2, 0.25) is 0 Å². The van der Waals surface area contributed by atoms with Crippen molar-refractivity contribution in [2.75, 3.05) is 0 Å². The van der Waals surface area contributed by atoms with Gasteiger partial charge in [0, 0.05) is 27.3 Å². The van der Waals surface area contributed by atoms with Gasteiger partial charge in [-0.25, -0.2) is 0 Å². The number of hydrogen-bond donors (Lipinski definition) is 2. The van der Waals surface area contributed by atoms with Gasteiger partial charge in [0.05, 0.1) is 0 Å². The highest BCUT2D eigenvalue weighted by molar-refractivity contribution is 9.10. The first-order valence-electron chi connectivity index (χ1n) is 5.87. The summed E-state index contributed by atoms with van der Waals surface area (Å²) in [4.78, 5) is 1.33. The summed E-state index contributed by atoms with van der Waals surface area (Å²) in [7, 11) is 0. The molecular weight excluding hydrogens is 310 g/mol. The Balaban J connectivity index is 1.81. The van der Waals surface area contributed by atoms with Crippen molar-refractivity contribution in [2.24, 2.45) is 0 Å². The van der Waals surface area contributed by atoms with E-state index in [1.807, 2.05) is 12.1 Å². The maximum Gasteiger partial charge on any atom is 0.115 e. The zero-order chi connectivity index (χ0) is 13.0. The van der Waals surface area contributed by atoms with Gasteiger partial charge in [-0.05, 0) is 53.0 Å². The van der Waals surface area contributed by atoms with Gasteiger partial charge in [0.25, 0.3) is 0 Å². The van der Waals surface area contributed by atoms with E-state index in [0.717, 1.165) is 17.4 Å². The Labute approximate surface area is 120 Å². The summed E-state index contributed by atoms with van der Waals surface area (Å²) in [6.07, 6.45) is 0.965. The molecule has 0 bridgehead atoms. The lowest BCUT2D eigenvalue weighted by atomic mass is 10.1. The van der Waals surface area contributed by atoms with Crippen molar-refractivity contribution in [3.63, 3.8) is 0 Å². The highest BCUT2D eigenvalue weighted by Gasteiger charge is 2.04. The molecule has 2 nitrogen and oxygen atoms in total. The third kappa shape index (κ3) is 4.12. The van der Waals surface area contributed by atoms with Crippen LogP contribution in [-0.2, 0) is 13.0 Å². The zero-order valence-corrected chi connectivity index (χ0v) is 12.6. The topological polar surface area (TPSA) is 32.3 Å². The number of aromatic hydroxyl groups is 1. The van der Waals surface area contributed by atoms with Crippen molar-refractivity contribution in [1.82, 2.24) is 5.32 Å². The van der Waals surface area contributed by atoms with E-state index in [2.05, 4.69) is 39.6 Å². The second kappa shape index (κ2) is 6.36. The largest absolute Gasteiger partial charge is 0.508 e. The number of thiophene rings is 1. The van der Waals surface area contributed by atoms with Gasteiger partial charge in [0.1, 0.15) is 5.75 Å². The Morgan fingerprint density at radius 2 is 2.06 bits per heavy atom. The minimum Gasteiger partial charge on any atom is -0.508 e. The quantitative estimate of drug-likeness (QED) is 0.872. The average Bonchev–Trinajstić information content (AvgIpc) is 2.76. The van der Waals surface area contributed by atoms with Crippen LogP contribution in [0.15, 0.2) is 40.2 Å². The van der Waals surface area contributed by atoms with E-state index >= 15 is 0 Å². The number of hydrogen-bond acceptors (Lipinski definition) is 3. The summed E-state index contributed by atoms with van der Waals surface area (Å²) in [5.74, 6) is 0.322. The smallest absolute Gasteiger partial charge is 0.115 e. The first-order chi connectivity index (χ1) is 8.63. The Hall–Kier alpha value is -0.840. The summed E-state index contributed by atoms with van der Waals surface area (Å²) in [5, 5.41) is 14.8. The molecule has 0 radical (unpaired) electrons. The van der Waals surface area contributed by atoms with Crippen LogP contribution in [-0.4, -0.2) is 11.1 Å². The number of halogens is 1. The molecule has 0 aliphatic heterocycles. The van der Waals surface area contributed by atoms with Crippen LogP contribution >= 0.6 is 27.3 Å². The highest BCUT2D eigenvalue weighted by Crippen LogP contribution is 2.19. The van der Waals surface area contributed by atoms with Gasteiger partial charge in [-0.2, -0.15) is 0 Å². The monoisotopic (exact) mass is 325 g/mol. The fourth-order valence-corrected chi connectivity index (χ4v) is 3.18. The number of benzene rings is 1. The second-order valence-electron chi connectivity index (χ2n) is 4.38. The molecule has 0 fully saturated rings. The normalized spacial score (nSPS) is 12.6. The Morgan fingerprint density at radius 1 is 1.33 bits per heavy atom. The highest BCUT2D eigenvalue weighted by atomic mass is 79.9. The molecule has 0 amide bonds. The molecule has 0 aliphatic carbocycles. The molecule has 1 aromatic carbocycles. The van der Waals surface area contributed by atoms with Crippen LogP contribution in [0.5, 0.6) is 5.75 Å². The predicted molar refractivity (Wildman–Crippen MR) is 80.1 cm³/mol. The summed E-state index contributed by atoms with van der Waals surface area (Å²) < 4.78 is 1.15. The van der Waals surface area contributed by atoms with Crippen LogP contribution in [0.25, 0.3) is 0 Å². The molecule has 4 heteroatoms. The van der Waals surface area contributed by atoms with Crippen molar-refractivity contribution >= 4 is 27.3 Å². The van der Waals surface area contributed by atoms with E-state index < -0.39 is 0 Å². The van der Waals surface area contributed by atoms with E-state index in [0.29, 0.717) is 11.8 Å². The standard InChI is InChI=1S/C14H16BrNOS/c1-10(6-11-2-4-13(17)5-3-11)16-8-14-7-12(15)9-18-14/h2-5,7,9-10,16-17H,6,8H2,1H3. The van der Waals surface area contributed by atoms with Crippen molar-refractivity contribution in [3.05, 3.63) is 50.6 Å². The molecule has 1 atom stereocenters. The van der Waals surface area contributed by atoms with Crippen molar-refractivity contribution < 1.29 is 5.11 Å². The molecule has 2 aromatic rings. The SMILES string of the molecule is CC(Cc1ccc(O)cc1)NCc1cc(Br)cs1. The van der Waals surface area contributed by atoms with E-state index in [4.69, 9.17) is 0 Å². The summed E-state index contributed by atoms with van der Waals surface area (Å²) >= 11 is 5.22. The van der Waals surface area contributed by atoms with Gasteiger partial charge in [0.15, 0.2) is 0 Å². The first kappa shape index (κ1) is 13.6. The van der Waals surface area contributed by atoms with Crippen molar-refractivity contribution in [3.8, 4) is 5.75 Å². The Kier molecular flexibility index (Phi) is 4.80. The maximum atomic E-state index is 9.23. The van der Waals surface area contributed by atoms with Gasteiger partial charge >= 0.3 is 0 Å². The van der Waals surface area contributed by atoms with Gasteiger partial charge < -0.3 is 10.4 Å². The number of nitrogens with one attached hydrogen (secondary N) is 1. The molecule has 0 saturated carbocycles. The third-order valence-electron chi connectivity index (χ3n) is 2.72. The van der Waals surface area contributed by atoms with Crippen LogP contribution in [0, 0.1) is 0 Å². The molecule has 1 aromatic heterocycles. The fraction of sp³-hybridized carbons (Fsp3) is 0.286. The minimum absolute atomic E-state index is 0.322. The van der Waals surface area contributed by atoms with Crippen LogP contribution in [0.3, 0.4) is 0 Å². The minimum atomic E-state index is 0.322. The summed E-state index contributed by atoms with van der Waals surface area (Å²) in [6.45, 7) is 3.07. The van der Waals surface area contributed by atoms with Crippen LogP contribution < -0.4 is 5.32 Å². The maximum absolute atomic E-state index is 9.23. The number of phenols is 1. The van der Waals surface area contributed by atoms with Gasteiger partial charge in [-0.3, -0.25) is 0 Å². The van der Waals surface area contributed by atoms with E-state index in [9.17, 15) is 5.11 Å². The summed E-state index contributed by atoms with van der Waals surface area (Å²) in [5.41, 5.74) is 1.24. The molecule has 2 N–H and O–H groups in total. The number of rotatable bonds is 5. The molecule has 96 valence electrons. The molecular formula is C14H16BrNOS. The van der Waals surface area contributed by atoms with E-state index in [-0.39, 0.29) is 0 Å². The number of phenolic OH excluding ortho intramolecular Hbond substituents is 1. The lowest BCUT2D eigenvalue weighted by Gasteiger charge is -2.13. The Morgan fingerprint density at radius 3 is 2.67 bits per heavy atom. The van der Waals surface area contributed by atoms with Crippen molar-refractivity contribution in [1.29, 1.82) is 0 Å². The molecule has 1 unspecified atom stereocenters. The van der Waals surface area contributed by atoms with Crippen LogP contribution in [0.1, 0.15) is 17.4 Å². The lowest BCUT2D eigenvalue weighted by Crippen LogP contribution is -2.27. The first-order valence-corrected chi connectivity index (χ1v) is 7.55. The van der Waals surface area contributed by atoms with E-state index in [1.165, 1.54) is 10.4 Å². The molecule has 0 spiro atoms. The molecule has 1 heterocycles. The van der Waals surface area contributed by atoms with Crippen LogP contribution in [0.4, 0.5) is 0 Å². The summed E-state index contributed by atoms with van der Waals surface area (Å²) in [6, 6.07) is 9.96. The molecule has 0 saturated heterocycles. The molecule has 18 heavy (non-hydrogen) atoms. The van der Waals surface area contributed by atoms with Gasteiger partial charge in [-0.1, -0.05) is 12.1 Å². The molecule has 0 aliphatic rings. The lowest BCUT2D eigenvalue weighted by molar-refractivity contribution is 0.474. The molecule has 2 rings (SSSR count).